The largest absolute Gasteiger partial charge is 0.403 e. The van der Waals surface area contributed by atoms with Crippen LogP contribution in [-0.4, -0.2) is 48.2 Å². The molecule has 1 fully saturated rings. The van der Waals surface area contributed by atoms with Gasteiger partial charge in [0.25, 0.3) is 0 Å². The first-order chi connectivity index (χ1) is 11.4. The molecule has 0 spiro atoms. The molecule has 0 aliphatic carbocycles. The predicted molar refractivity (Wildman–Crippen MR) is 87.5 cm³/mol. The molecule has 1 aromatic heterocycles. The molecule has 1 N–H and O–H groups in total. The van der Waals surface area contributed by atoms with E-state index in [0.29, 0.717) is 25.3 Å². The first-order valence-corrected chi connectivity index (χ1v) is 9.43. The number of piperidine rings is 1. The number of aromatic nitrogens is 2. The van der Waals surface area contributed by atoms with Gasteiger partial charge < -0.3 is 4.42 Å². The fraction of sp³-hybridized carbons (Fsp3) is 0.400. The summed E-state index contributed by atoms with van der Waals surface area (Å²) in [7, 11) is -3.30. The second-order valence-electron chi connectivity index (χ2n) is 5.73. The molecule has 1 aliphatic heterocycles. The topological polar surface area (TPSA) is 105 Å². The number of benzene rings is 1. The Bertz CT molecular complexity index is 819. The molecule has 0 saturated carbocycles. The van der Waals surface area contributed by atoms with Gasteiger partial charge in [-0.15, -0.1) is 5.10 Å². The number of carbonyl (C=O) groups excluding carboxylic acids is 1. The van der Waals surface area contributed by atoms with Crippen LogP contribution in [0.3, 0.4) is 0 Å². The maximum Gasteiger partial charge on any atom is 0.322 e. The Morgan fingerprint density at radius 1 is 1.29 bits per heavy atom. The van der Waals surface area contributed by atoms with Crippen molar-refractivity contribution in [3.05, 3.63) is 30.3 Å². The summed E-state index contributed by atoms with van der Waals surface area (Å²) in [5.41, 5.74) is 0.756. The highest BCUT2D eigenvalue weighted by atomic mass is 32.2. The van der Waals surface area contributed by atoms with E-state index < -0.39 is 15.9 Å². The minimum absolute atomic E-state index is 0.00957. The molecule has 0 radical (unpaired) electrons. The molecular formula is C15H18N4O4S. The van der Waals surface area contributed by atoms with E-state index in [2.05, 4.69) is 15.5 Å². The van der Waals surface area contributed by atoms with Gasteiger partial charge in [-0.1, -0.05) is 23.3 Å². The molecule has 1 amide bonds. The third-order valence-corrected chi connectivity index (χ3v) is 5.17. The summed E-state index contributed by atoms with van der Waals surface area (Å²) >= 11 is 0. The summed E-state index contributed by atoms with van der Waals surface area (Å²) in [5, 5.41) is 10.3. The van der Waals surface area contributed by atoms with E-state index in [-0.39, 0.29) is 18.5 Å². The van der Waals surface area contributed by atoms with Crippen molar-refractivity contribution in [3.63, 3.8) is 0 Å². The van der Waals surface area contributed by atoms with E-state index in [9.17, 15) is 13.2 Å². The lowest BCUT2D eigenvalue weighted by Crippen LogP contribution is -2.43. The minimum Gasteiger partial charge on any atom is -0.403 e. The first-order valence-electron chi connectivity index (χ1n) is 7.58. The van der Waals surface area contributed by atoms with Crippen LogP contribution in [0, 0.1) is 5.92 Å². The molecule has 128 valence electrons. The molecule has 2 heterocycles. The molecule has 0 unspecified atom stereocenters. The zero-order valence-corrected chi connectivity index (χ0v) is 14.0. The minimum atomic E-state index is -3.30. The number of sulfonamides is 1. The number of carbonyl (C=O) groups is 1. The fourth-order valence-electron chi connectivity index (χ4n) is 2.64. The lowest BCUT2D eigenvalue weighted by atomic mass is 9.99. The average Bonchev–Trinajstić information content (AvgIpc) is 3.03. The molecule has 9 heteroatoms. The van der Waals surface area contributed by atoms with Gasteiger partial charge in [0, 0.05) is 18.7 Å². The van der Waals surface area contributed by atoms with Crippen LogP contribution >= 0.6 is 0 Å². The summed E-state index contributed by atoms with van der Waals surface area (Å²) in [6.45, 7) is 0.617. The van der Waals surface area contributed by atoms with Crippen molar-refractivity contribution >= 4 is 21.9 Å². The molecular weight excluding hydrogens is 332 g/mol. The number of rotatable bonds is 4. The van der Waals surface area contributed by atoms with Crippen LogP contribution in [0.2, 0.25) is 0 Å². The van der Waals surface area contributed by atoms with Crippen LogP contribution in [0.4, 0.5) is 6.01 Å². The SMILES string of the molecule is CS(=O)(=O)N1CCC[C@@H](C(=O)Nc2nnc(-c3ccccc3)o2)C1. The van der Waals surface area contributed by atoms with E-state index >= 15 is 0 Å². The van der Waals surface area contributed by atoms with Crippen LogP contribution in [0.15, 0.2) is 34.7 Å². The van der Waals surface area contributed by atoms with Gasteiger partial charge >= 0.3 is 6.01 Å². The van der Waals surface area contributed by atoms with E-state index in [1.807, 2.05) is 30.3 Å². The summed E-state index contributed by atoms with van der Waals surface area (Å²) in [6, 6.07) is 9.22. The van der Waals surface area contributed by atoms with Gasteiger partial charge in [0.15, 0.2) is 0 Å². The van der Waals surface area contributed by atoms with Crippen molar-refractivity contribution in [2.45, 2.75) is 12.8 Å². The van der Waals surface area contributed by atoms with Crippen molar-refractivity contribution < 1.29 is 17.6 Å². The summed E-state index contributed by atoms with van der Waals surface area (Å²) < 4.78 is 30.0. The molecule has 1 aliphatic rings. The third kappa shape index (κ3) is 3.80. The lowest BCUT2D eigenvalue weighted by molar-refractivity contribution is -0.121. The maximum atomic E-state index is 12.3. The molecule has 0 bridgehead atoms. The van der Waals surface area contributed by atoms with Gasteiger partial charge in [-0.25, -0.2) is 12.7 Å². The average molecular weight is 350 g/mol. The molecule has 1 saturated heterocycles. The van der Waals surface area contributed by atoms with Crippen molar-refractivity contribution in [2.24, 2.45) is 5.92 Å². The van der Waals surface area contributed by atoms with E-state index in [4.69, 9.17) is 4.42 Å². The number of anilines is 1. The zero-order valence-electron chi connectivity index (χ0n) is 13.2. The number of nitrogens with zero attached hydrogens (tertiary/aromatic N) is 3. The van der Waals surface area contributed by atoms with Crippen molar-refractivity contribution in [1.29, 1.82) is 0 Å². The van der Waals surface area contributed by atoms with Crippen molar-refractivity contribution in [1.82, 2.24) is 14.5 Å². The van der Waals surface area contributed by atoms with E-state index in [1.165, 1.54) is 4.31 Å². The number of amides is 1. The molecule has 8 nitrogen and oxygen atoms in total. The quantitative estimate of drug-likeness (QED) is 0.892. The highest BCUT2D eigenvalue weighted by Gasteiger charge is 2.30. The highest BCUT2D eigenvalue weighted by Crippen LogP contribution is 2.22. The fourth-order valence-corrected chi connectivity index (χ4v) is 3.55. The summed E-state index contributed by atoms with van der Waals surface area (Å²) in [6.07, 6.45) is 2.42. The second-order valence-corrected chi connectivity index (χ2v) is 7.71. The third-order valence-electron chi connectivity index (χ3n) is 3.90. The maximum absolute atomic E-state index is 12.3. The number of hydrogen-bond acceptors (Lipinski definition) is 6. The smallest absolute Gasteiger partial charge is 0.322 e. The van der Waals surface area contributed by atoms with Crippen LogP contribution in [-0.2, 0) is 14.8 Å². The van der Waals surface area contributed by atoms with Gasteiger partial charge in [0.1, 0.15) is 0 Å². The monoisotopic (exact) mass is 350 g/mol. The van der Waals surface area contributed by atoms with Crippen molar-refractivity contribution in [2.75, 3.05) is 24.7 Å². The molecule has 24 heavy (non-hydrogen) atoms. The Kier molecular flexibility index (Phi) is 4.63. The van der Waals surface area contributed by atoms with Gasteiger partial charge in [0.2, 0.25) is 21.8 Å². The molecule has 3 rings (SSSR count). The Morgan fingerprint density at radius 2 is 2.04 bits per heavy atom. The van der Waals surface area contributed by atoms with Crippen LogP contribution in [0.1, 0.15) is 12.8 Å². The summed E-state index contributed by atoms with van der Waals surface area (Å²) in [4.78, 5) is 12.3. The molecule has 2 aromatic rings. The van der Waals surface area contributed by atoms with Gasteiger partial charge in [-0.05, 0) is 25.0 Å². The van der Waals surface area contributed by atoms with Gasteiger partial charge in [-0.2, -0.15) is 0 Å². The van der Waals surface area contributed by atoms with E-state index in [1.54, 1.807) is 0 Å². The van der Waals surface area contributed by atoms with E-state index in [0.717, 1.165) is 11.8 Å². The Labute approximate surface area is 139 Å². The summed E-state index contributed by atoms with van der Waals surface area (Å²) in [5.74, 6) is -0.431. The van der Waals surface area contributed by atoms with Gasteiger partial charge in [0.05, 0.1) is 12.2 Å². The Morgan fingerprint density at radius 3 is 2.75 bits per heavy atom. The number of hydrogen-bond donors (Lipinski definition) is 1. The predicted octanol–water partition coefficient (Wildman–Crippen LogP) is 1.35. The second kappa shape index (κ2) is 6.70. The molecule has 1 atom stereocenters. The van der Waals surface area contributed by atoms with Crippen LogP contribution in [0.25, 0.3) is 11.5 Å². The van der Waals surface area contributed by atoms with Crippen LogP contribution < -0.4 is 5.32 Å². The van der Waals surface area contributed by atoms with Crippen LogP contribution in [0.5, 0.6) is 0 Å². The molecule has 1 aromatic carbocycles. The van der Waals surface area contributed by atoms with Gasteiger partial charge in [-0.3, -0.25) is 10.1 Å². The Hall–Kier alpha value is -2.26. The first kappa shape index (κ1) is 16.6. The Balaban J connectivity index is 1.66. The lowest BCUT2D eigenvalue weighted by Gasteiger charge is -2.29. The zero-order chi connectivity index (χ0) is 17.2. The standard InChI is InChI=1S/C15H18N4O4S/c1-24(21,22)19-9-5-8-12(10-19)13(20)16-15-18-17-14(23-15)11-6-3-2-4-7-11/h2-4,6-7,12H,5,8-10H2,1H3,(H,16,18,20)/t12-/m1/s1. The van der Waals surface area contributed by atoms with Crippen molar-refractivity contribution in [3.8, 4) is 11.5 Å². The normalized spacial score (nSPS) is 19.1. The highest BCUT2D eigenvalue weighted by molar-refractivity contribution is 7.88. The number of nitrogens with one attached hydrogen (secondary N) is 1.